The van der Waals surface area contributed by atoms with E-state index in [9.17, 15) is 0 Å². The van der Waals surface area contributed by atoms with Crippen molar-refractivity contribution in [3.05, 3.63) is 160 Å². The van der Waals surface area contributed by atoms with Crippen LogP contribution in [0.2, 0.25) is 0 Å². The first-order valence-electron chi connectivity index (χ1n) is 32.9. The summed E-state index contributed by atoms with van der Waals surface area (Å²) >= 11 is 0. The van der Waals surface area contributed by atoms with Gasteiger partial charge in [0.15, 0.2) is 0 Å². The Morgan fingerprint density at radius 3 is 1.75 bits per heavy atom. The summed E-state index contributed by atoms with van der Waals surface area (Å²) < 4.78 is 11.0. The summed E-state index contributed by atoms with van der Waals surface area (Å²) in [5, 5.41) is 4.28. The third kappa shape index (κ3) is 6.40. The molecular weight excluding hydrogens is 1000 g/mol. The topological polar surface area (TPSA) is 21.3 Å². The van der Waals surface area contributed by atoms with Crippen LogP contribution in [-0.2, 0) is 32.5 Å². The minimum absolute atomic E-state index is 0.0222. The van der Waals surface area contributed by atoms with Crippen LogP contribution >= 0.6 is 0 Å². The molecule has 0 N–H and O–H groups in total. The third-order valence-corrected chi connectivity index (χ3v) is 25.4. The minimum Gasteiger partial charge on any atom is -0.440 e. The number of fused-ring (bicyclic) bond motifs is 14. The van der Waals surface area contributed by atoms with Gasteiger partial charge in [-0.25, -0.2) is 0 Å². The molecule has 0 spiro atoms. The Morgan fingerprint density at radius 1 is 0.494 bits per heavy atom. The summed E-state index contributed by atoms with van der Waals surface area (Å²) in [5.74, 6) is 6.25. The number of nitrogens with zero attached hydrogens (tertiary/aromatic N) is 2. The van der Waals surface area contributed by atoms with E-state index in [1.807, 2.05) is 0 Å². The van der Waals surface area contributed by atoms with Gasteiger partial charge in [-0.05, 0) is 274 Å². The Kier molecular flexibility index (Phi) is 9.33. The average molecular weight is 1090 g/mol. The summed E-state index contributed by atoms with van der Waals surface area (Å²) in [6.45, 7) is 22.0. The summed E-state index contributed by atoms with van der Waals surface area (Å²) in [4.78, 5) is 2.71. The Hall–Kier alpha value is -6.26. The number of hydrogen-bond donors (Lipinski definition) is 0. The van der Waals surface area contributed by atoms with Gasteiger partial charge in [0.05, 0.1) is 11.4 Å². The zero-order valence-electron chi connectivity index (χ0n) is 50.8. The van der Waals surface area contributed by atoms with Gasteiger partial charge in [-0.3, -0.25) is 4.90 Å². The second kappa shape index (κ2) is 15.8. The van der Waals surface area contributed by atoms with Crippen LogP contribution in [0.5, 0.6) is 0 Å². The molecule has 9 aromatic rings. The molecule has 2 aromatic heterocycles. The van der Waals surface area contributed by atoms with Crippen LogP contribution in [0.4, 0.5) is 17.3 Å². The minimum atomic E-state index is -0.309. The number of rotatable bonds is 4. The number of hydrogen-bond acceptors (Lipinski definition) is 2. The molecule has 8 bridgehead atoms. The van der Waals surface area contributed by atoms with Crippen molar-refractivity contribution in [2.75, 3.05) is 4.90 Å². The molecule has 83 heavy (non-hydrogen) atoms. The van der Waals surface area contributed by atoms with Crippen molar-refractivity contribution in [1.29, 1.82) is 0 Å². The molecule has 0 atom stereocenters. The van der Waals surface area contributed by atoms with E-state index in [1.54, 1.807) is 11.1 Å². The van der Waals surface area contributed by atoms with Gasteiger partial charge in [0, 0.05) is 49.2 Å². The van der Waals surface area contributed by atoms with Crippen molar-refractivity contribution < 1.29 is 4.42 Å². The summed E-state index contributed by atoms with van der Waals surface area (Å²) in [6.07, 6.45) is 19.3. The SMILES string of the molecule is CC(C)(C)c1ccc(N2c3oc4cc5c(cc4c3B3c4c(cc6c(c42)C(C)(C)c2ccccc2-6)-c2cc(C46CC7CC(CC(C7)C4)C6)cc4c6cc(C78CC9CC(CC(C9)C7)C8)ccc6n3c24)C(C)(C)CCC5(C)C)c(-c2ccccc2)c1. The molecule has 0 saturated heterocycles. The number of aromatic nitrogens is 1. The van der Waals surface area contributed by atoms with Crippen LogP contribution < -0.4 is 15.8 Å². The van der Waals surface area contributed by atoms with E-state index in [1.165, 1.54) is 188 Å². The molecule has 3 nitrogen and oxygen atoms in total. The van der Waals surface area contributed by atoms with E-state index < -0.39 is 0 Å². The van der Waals surface area contributed by atoms with Gasteiger partial charge in [-0.2, -0.15) is 0 Å². The molecule has 416 valence electrons. The van der Waals surface area contributed by atoms with Crippen LogP contribution in [0, 0.1) is 35.5 Å². The van der Waals surface area contributed by atoms with Crippen molar-refractivity contribution >= 4 is 67.8 Å². The second-order valence-electron chi connectivity index (χ2n) is 32.8. The quantitative estimate of drug-likeness (QED) is 0.164. The molecule has 21 rings (SSSR count). The number of benzene rings is 7. The van der Waals surface area contributed by atoms with Gasteiger partial charge in [-0.1, -0.05) is 129 Å². The fraction of sp³-hybridized carbons (Fsp3) is 0.443. The van der Waals surface area contributed by atoms with E-state index in [0.29, 0.717) is 5.41 Å². The normalized spacial score (nSPS) is 29.2. The molecule has 0 amide bonds. The summed E-state index contributed by atoms with van der Waals surface area (Å²) in [5.41, 5.74) is 27.9. The molecule has 2 aliphatic heterocycles. The molecule has 8 saturated carbocycles. The lowest BCUT2D eigenvalue weighted by atomic mass is 9.44. The van der Waals surface area contributed by atoms with Gasteiger partial charge >= 0.3 is 6.85 Å². The smallest absolute Gasteiger partial charge is 0.337 e. The van der Waals surface area contributed by atoms with E-state index in [4.69, 9.17) is 4.42 Å². The molecule has 10 aliphatic carbocycles. The highest BCUT2D eigenvalue weighted by molar-refractivity contribution is 6.91. The average Bonchev–Trinajstić information content (AvgIpc) is 1.67. The second-order valence-corrected chi connectivity index (χ2v) is 32.8. The number of furan rings is 1. The largest absolute Gasteiger partial charge is 0.440 e. The summed E-state index contributed by atoms with van der Waals surface area (Å²) in [7, 11) is 0. The van der Waals surface area contributed by atoms with Crippen LogP contribution in [0.15, 0.2) is 126 Å². The van der Waals surface area contributed by atoms with Gasteiger partial charge in [0.25, 0.3) is 0 Å². The third-order valence-electron chi connectivity index (χ3n) is 25.4. The summed E-state index contributed by atoms with van der Waals surface area (Å²) in [6, 6.07) is 49.9. The van der Waals surface area contributed by atoms with Gasteiger partial charge in [0.2, 0.25) is 5.88 Å². The zero-order valence-corrected chi connectivity index (χ0v) is 50.8. The maximum absolute atomic E-state index is 8.03. The van der Waals surface area contributed by atoms with Crippen molar-refractivity contribution in [3.8, 4) is 33.4 Å². The van der Waals surface area contributed by atoms with Crippen LogP contribution in [0.3, 0.4) is 0 Å². The lowest BCUT2D eigenvalue weighted by molar-refractivity contribution is -0.00527. The van der Waals surface area contributed by atoms with Gasteiger partial charge in [-0.15, -0.1) is 0 Å². The molecule has 7 aromatic carbocycles. The highest BCUT2D eigenvalue weighted by Crippen LogP contribution is 2.65. The number of anilines is 3. The fourth-order valence-electron chi connectivity index (χ4n) is 22.3. The van der Waals surface area contributed by atoms with Gasteiger partial charge in [0.1, 0.15) is 5.58 Å². The van der Waals surface area contributed by atoms with E-state index in [2.05, 4.69) is 193 Å². The first kappa shape index (κ1) is 49.1. The Balaban J connectivity index is 0.984. The van der Waals surface area contributed by atoms with Crippen molar-refractivity contribution in [2.45, 2.75) is 185 Å². The molecule has 12 aliphatic rings. The molecule has 4 heterocycles. The highest BCUT2D eigenvalue weighted by Gasteiger charge is 2.56. The Bertz CT molecular complexity index is 4300. The lowest BCUT2D eigenvalue weighted by Gasteiger charge is -2.57. The maximum atomic E-state index is 8.03. The van der Waals surface area contributed by atoms with Gasteiger partial charge < -0.3 is 8.90 Å². The maximum Gasteiger partial charge on any atom is 0.337 e. The molecular formula is C79H81BN2O. The van der Waals surface area contributed by atoms with E-state index in [-0.39, 0.29) is 33.9 Å². The van der Waals surface area contributed by atoms with Crippen molar-refractivity contribution in [1.82, 2.24) is 4.48 Å². The predicted octanol–water partition coefficient (Wildman–Crippen LogP) is 19.5. The molecule has 4 heteroatoms. The van der Waals surface area contributed by atoms with Crippen LogP contribution in [-0.4, -0.2) is 11.3 Å². The first-order valence-corrected chi connectivity index (χ1v) is 32.9. The standard InChI is InChI=1S/C79H81BN2O/c1-74(2,3)51-19-21-65(55(31-51)50-15-11-10-12-16-50)81-72-68-57(54-17-13-14-18-62(54)77(68,8)9)35-58-60-34-53(79-41-47-28-48(42-79)30-49(29-47)43-79)33-59-56-32-52(78-38-44-25-45(39-78)27-46(26-44)40-78)20-22-66(56)82(71(59)60)80(69(58)72)70-61-36-63-64(37-67(61)83-73(70)81)76(6,7)24-23-75(63,4)5/h10-22,31-37,44-49H,23-30,38-43H2,1-9H3. The molecule has 0 radical (unpaired) electrons. The molecule has 8 fully saturated rings. The fourth-order valence-corrected chi connectivity index (χ4v) is 22.3. The highest BCUT2D eigenvalue weighted by atomic mass is 16.4. The van der Waals surface area contributed by atoms with E-state index >= 15 is 0 Å². The van der Waals surface area contributed by atoms with Crippen molar-refractivity contribution in [2.24, 2.45) is 35.5 Å². The first-order chi connectivity index (χ1) is 39.8. The zero-order chi connectivity index (χ0) is 55.8. The molecule has 0 unspecified atom stereocenters. The Morgan fingerprint density at radius 2 is 1.10 bits per heavy atom. The van der Waals surface area contributed by atoms with Crippen LogP contribution in [0.25, 0.3) is 66.2 Å². The lowest BCUT2D eigenvalue weighted by Crippen LogP contribution is -2.57. The van der Waals surface area contributed by atoms with Crippen molar-refractivity contribution in [3.63, 3.8) is 0 Å². The monoisotopic (exact) mass is 1080 g/mol. The predicted molar refractivity (Wildman–Crippen MR) is 346 cm³/mol. The van der Waals surface area contributed by atoms with Crippen LogP contribution in [0.1, 0.15) is 191 Å². The van der Waals surface area contributed by atoms with E-state index in [0.717, 1.165) is 59.8 Å². The Labute approximate surface area is 492 Å².